The smallest absolute Gasteiger partial charge is 0.275 e. The molecule has 29 heavy (non-hydrogen) atoms. The summed E-state index contributed by atoms with van der Waals surface area (Å²) in [6.07, 6.45) is 1.47. The largest absolute Gasteiger partial charge is 0.368 e. The number of carbonyl (C=O) groups excluding carboxylic acids is 2. The van der Waals surface area contributed by atoms with E-state index in [1.165, 1.54) is 12.3 Å². The molecule has 2 amide bonds. The van der Waals surface area contributed by atoms with Crippen LogP contribution in [0.3, 0.4) is 0 Å². The molecule has 0 unspecified atom stereocenters. The molecule has 8 nitrogen and oxygen atoms in total. The van der Waals surface area contributed by atoms with Gasteiger partial charge in [-0.05, 0) is 31.2 Å². The monoisotopic (exact) mass is 391 g/mol. The number of amides is 2. The number of anilines is 2. The molecule has 0 atom stereocenters. The summed E-state index contributed by atoms with van der Waals surface area (Å²) in [6, 6.07) is 14.9. The Morgan fingerprint density at radius 1 is 1.03 bits per heavy atom. The quantitative estimate of drug-likeness (QED) is 0.735. The lowest BCUT2D eigenvalue weighted by atomic mass is 10.1. The average Bonchev–Trinajstić information content (AvgIpc) is 3.18. The van der Waals surface area contributed by atoms with Gasteiger partial charge in [0.1, 0.15) is 11.5 Å². The lowest BCUT2D eigenvalue weighted by Crippen LogP contribution is -2.48. The third kappa shape index (κ3) is 4.26. The lowest BCUT2D eigenvalue weighted by Gasteiger charge is -2.36. The van der Waals surface area contributed by atoms with E-state index in [2.05, 4.69) is 32.5 Å². The van der Waals surface area contributed by atoms with E-state index in [1.54, 1.807) is 24.0 Å². The Morgan fingerprint density at radius 2 is 1.79 bits per heavy atom. The Balaban J connectivity index is 1.40. The zero-order valence-electron chi connectivity index (χ0n) is 16.0. The second-order valence-electron chi connectivity index (χ2n) is 6.82. The third-order valence-corrected chi connectivity index (χ3v) is 4.80. The van der Waals surface area contributed by atoms with E-state index in [4.69, 9.17) is 4.52 Å². The molecule has 8 heteroatoms. The van der Waals surface area contributed by atoms with Crippen LogP contribution >= 0.6 is 0 Å². The highest BCUT2D eigenvalue weighted by atomic mass is 16.5. The fraction of sp³-hybridized carbons (Fsp3) is 0.238. The second-order valence-corrected chi connectivity index (χ2v) is 6.82. The lowest BCUT2D eigenvalue weighted by molar-refractivity contribution is 0.0746. The number of aromatic nitrogens is 2. The summed E-state index contributed by atoms with van der Waals surface area (Å²) in [7, 11) is 0. The molecule has 2 aromatic heterocycles. The minimum atomic E-state index is -0.443. The van der Waals surface area contributed by atoms with Crippen LogP contribution in [0.25, 0.3) is 0 Å². The summed E-state index contributed by atoms with van der Waals surface area (Å²) in [5.74, 6) is 0.350. The van der Waals surface area contributed by atoms with E-state index >= 15 is 0 Å². The highest BCUT2D eigenvalue weighted by Crippen LogP contribution is 2.17. The van der Waals surface area contributed by atoms with Crippen LogP contribution in [-0.2, 0) is 0 Å². The van der Waals surface area contributed by atoms with Crippen molar-refractivity contribution in [2.75, 3.05) is 36.4 Å². The van der Waals surface area contributed by atoms with Crippen molar-refractivity contribution in [3.8, 4) is 0 Å². The summed E-state index contributed by atoms with van der Waals surface area (Å²) >= 11 is 0. The Kier molecular flexibility index (Phi) is 5.24. The van der Waals surface area contributed by atoms with Gasteiger partial charge in [-0.15, -0.1) is 0 Å². The molecular weight excluding hydrogens is 370 g/mol. The van der Waals surface area contributed by atoms with Crippen molar-refractivity contribution in [2.24, 2.45) is 0 Å². The summed E-state index contributed by atoms with van der Waals surface area (Å²) in [4.78, 5) is 33.4. The van der Waals surface area contributed by atoms with Gasteiger partial charge in [0.25, 0.3) is 11.8 Å². The van der Waals surface area contributed by atoms with Crippen molar-refractivity contribution in [2.45, 2.75) is 6.92 Å². The maximum absolute atomic E-state index is 12.9. The van der Waals surface area contributed by atoms with Gasteiger partial charge in [-0.25, -0.2) is 0 Å². The third-order valence-electron chi connectivity index (χ3n) is 4.80. The van der Waals surface area contributed by atoms with E-state index in [0.29, 0.717) is 30.2 Å². The first-order valence-corrected chi connectivity index (χ1v) is 9.40. The van der Waals surface area contributed by atoms with Crippen LogP contribution in [0, 0.1) is 6.92 Å². The van der Waals surface area contributed by atoms with E-state index in [9.17, 15) is 9.59 Å². The Bertz CT molecular complexity index is 1010. The van der Waals surface area contributed by atoms with Crippen molar-refractivity contribution in [1.82, 2.24) is 15.0 Å². The molecule has 1 N–H and O–H groups in total. The van der Waals surface area contributed by atoms with Crippen molar-refractivity contribution in [3.05, 3.63) is 71.7 Å². The zero-order valence-corrected chi connectivity index (χ0v) is 16.0. The number of piperazine rings is 1. The zero-order chi connectivity index (χ0) is 20.2. The number of nitrogens with zero attached hydrogens (tertiary/aromatic N) is 4. The summed E-state index contributed by atoms with van der Waals surface area (Å²) in [6.45, 7) is 4.50. The van der Waals surface area contributed by atoms with Gasteiger partial charge in [0.15, 0.2) is 5.82 Å². The van der Waals surface area contributed by atoms with Crippen LogP contribution in [0.15, 0.2) is 59.3 Å². The number of rotatable bonds is 4. The van der Waals surface area contributed by atoms with E-state index in [-0.39, 0.29) is 11.6 Å². The number of para-hydroxylation sites is 1. The van der Waals surface area contributed by atoms with Gasteiger partial charge in [-0.1, -0.05) is 23.4 Å². The van der Waals surface area contributed by atoms with Crippen molar-refractivity contribution < 1.29 is 14.1 Å². The molecule has 0 aliphatic carbocycles. The number of carbonyl (C=O) groups is 2. The van der Waals surface area contributed by atoms with Crippen molar-refractivity contribution in [1.29, 1.82) is 0 Å². The van der Waals surface area contributed by atoms with Gasteiger partial charge < -0.3 is 19.6 Å². The first-order chi connectivity index (χ1) is 14.1. The first kappa shape index (κ1) is 18.7. The normalized spacial score (nSPS) is 14.0. The molecule has 148 valence electrons. The van der Waals surface area contributed by atoms with Gasteiger partial charge in [0, 0.05) is 49.7 Å². The van der Waals surface area contributed by atoms with Crippen LogP contribution in [0.2, 0.25) is 0 Å². The number of hydrogen-bond acceptors (Lipinski definition) is 6. The molecule has 4 rings (SSSR count). The molecule has 1 aliphatic rings. The van der Waals surface area contributed by atoms with Crippen LogP contribution in [0.1, 0.15) is 26.6 Å². The number of pyridine rings is 1. The minimum Gasteiger partial charge on any atom is -0.368 e. The van der Waals surface area contributed by atoms with Gasteiger partial charge in [-0.2, -0.15) is 0 Å². The summed E-state index contributed by atoms with van der Waals surface area (Å²) < 4.78 is 4.93. The molecule has 1 fully saturated rings. The second kappa shape index (κ2) is 8.14. The van der Waals surface area contributed by atoms with Crippen LogP contribution < -0.4 is 10.2 Å². The van der Waals surface area contributed by atoms with Crippen molar-refractivity contribution >= 4 is 23.3 Å². The molecule has 1 aromatic carbocycles. The molecule has 0 spiro atoms. The van der Waals surface area contributed by atoms with Crippen molar-refractivity contribution in [3.63, 3.8) is 0 Å². The highest BCUT2D eigenvalue weighted by molar-refractivity contribution is 6.04. The molecule has 1 aliphatic heterocycles. The Hall–Kier alpha value is -3.68. The number of hydrogen-bond donors (Lipinski definition) is 1. The number of benzene rings is 1. The molecule has 3 aromatic rings. The average molecular weight is 391 g/mol. The molecular formula is C21H21N5O3. The van der Waals surface area contributed by atoms with E-state index in [1.807, 2.05) is 18.2 Å². The Morgan fingerprint density at radius 3 is 2.48 bits per heavy atom. The molecule has 1 saturated heterocycles. The SMILES string of the molecule is Cc1cc(NC(=O)c2cc(C(=O)N3CCN(c4ccccc4)CC3)ccn2)no1. The summed E-state index contributed by atoms with van der Waals surface area (Å²) in [5.41, 5.74) is 1.75. The minimum absolute atomic E-state index is 0.105. The molecule has 0 saturated carbocycles. The molecule has 0 radical (unpaired) electrons. The van der Waals surface area contributed by atoms with Crippen LogP contribution in [0.4, 0.5) is 11.5 Å². The maximum Gasteiger partial charge on any atom is 0.275 e. The van der Waals surface area contributed by atoms with Gasteiger partial charge in [-0.3, -0.25) is 14.6 Å². The predicted octanol–water partition coefficient (Wildman–Crippen LogP) is 2.59. The number of aryl methyl sites for hydroxylation is 1. The Labute approximate surface area is 168 Å². The predicted molar refractivity (Wildman–Crippen MR) is 108 cm³/mol. The van der Waals surface area contributed by atoms with Crippen LogP contribution in [-0.4, -0.2) is 53.0 Å². The fourth-order valence-corrected chi connectivity index (χ4v) is 3.28. The van der Waals surface area contributed by atoms with Crippen LogP contribution in [0.5, 0.6) is 0 Å². The van der Waals surface area contributed by atoms with E-state index in [0.717, 1.165) is 18.8 Å². The van der Waals surface area contributed by atoms with Gasteiger partial charge in [0.05, 0.1) is 0 Å². The first-order valence-electron chi connectivity index (χ1n) is 9.40. The molecule has 0 bridgehead atoms. The van der Waals surface area contributed by atoms with Gasteiger partial charge in [0.2, 0.25) is 0 Å². The molecule has 3 heterocycles. The highest BCUT2D eigenvalue weighted by Gasteiger charge is 2.23. The van der Waals surface area contributed by atoms with E-state index < -0.39 is 5.91 Å². The standard InChI is InChI=1S/C21H21N5O3/c1-15-13-19(24-29-15)23-20(27)18-14-16(7-8-22-18)21(28)26-11-9-25(10-12-26)17-5-3-2-4-6-17/h2-8,13-14H,9-12H2,1H3,(H,23,24,27). The topological polar surface area (TPSA) is 91.6 Å². The fourth-order valence-electron chi connectivity index (χ4n) is 3.28. The maximum atomic E-state index is 12.9. The van der Waals surface area contributed by atoms with Gasteiger partial charge >= 0.3 is 0 Å². The number of nitrogens with one attached hydrogen (secondary N) is 1. The summed E-state index contributed by atoms with van der Waals surface area (Å²) in [5, 5.41) is 6.34.